The lowest BCUT2D eigenvalue weighted by atomic mass is 10.00. The summed E-state index contributed by atoms with van der Waals surface area (Å²) in [5, 5.41) is 23.4. The molecule has 1 atom stereocenters. The third-order valence-corrected chi connectivity index (χ3v) is 6.38. The van der Waals surface area contributed by atoms with E-state index in [1.165, 1.54) is 0 Å². The average molecular weight is 498 g/mol. The third-order valence-electron chi connectivity index (χ3n) is 6.38. The number of aliphatic hydroxyl groups is 1. The first kappa shape index (κ1) is 26.1. The summed E-state index contributed by atoms with van der Waals surface area (Å²) < 4.78 is 0. The van der Waals surface area contributed by atoms with Gasteiger partial charge in [-0.25, -0.2) is 4.99 Å². The molecule has 4 rings (SSSR count). The zero-order valence-corrected chi connectivity index (χ0v) is 20.8. The van der Waals surface area contributed by atoms with Gasteiger partial charge in [-0.3, -0.25) is 20.0 Å². The van der Waals surface area contributed by atoms with E-state index in [1.807, 2.05) is 49.5 Å². The number of rotatable bonds is 10. The second-order valence-electron chi connectivity index (χ2n) is 8.98. The number of carbonyl (C=O) groups excluding carboxylic acids is 2. The number of carbonyl (C=O) groups is 2. The highest BCUT2D eigenvalue weighted by Crippen LogP contribution is 2.26. The Kier molecular flexibility index (Phi) is 8.66. The second-order valence-corrected chi connectivity index (χ2v) is 8.98. The molecule has 2 aromatic rings. The molecule has 0 fully saturated rings. The van der Waals surface area contributed by atoms with Crippen molar-refractivity contribution in [3.63, 3.8) is 0 Å². The molecule has 0 saturated heterocycles. The fraction of sp³-hybridized carbons (Fsp3) is 0.276. The SMILES string of the molecule is CNC(/C=C\C(=O)CCCc1cccc(C(=O)NC2=NC3=C(CCC=C3)C2=N)c1)c1ccc(CO)nc1. The van der Waals surface area contributed by atoms with Gasteiger partial charge in [0.1, 0.15) is 5.71 Å². The number of likely N-dealkylation sites (N-methyl/N-ethyl adjacent to an activating group) is 1. The van der Waals surface area contributed by atoms with Crippen molar-refractivity contribution in [2.24, 2.45) is 4.99 Å². The van der Waals surface area contributed by atoms with Crippen molar-refractivity contribution in [2.45, 2.75) is 44.8 Å². The molecule has 1 aromatic carbocycles. The summed E-state index contributed by atoms with van der Waals surface area (Å²) in [6.45, 7) is -0.108. The van der Waals surface area contributed by atoms with Crippen LogP contribution >= 0.6 is 0 Å². The number of ketones is 1. The maximum atomic E-state index is 12.8. The van der Waals surface area contributed by atoms with Crippen molar-refractivity contribution in [2.75, 3.05) is 7.05 Å². The first-order valence-electron chi connectivity index (χ1n) is 12.4. The van der Waals surface area contributed by atoms with Crippen LogP contribution in [0.3, 0.4) is 0 Å². The van der Waals surface area contributed by atoms with Gasteiger partial charge < -0.3 is 15.7 Å². The molecule has 37 heavy (non-hydrogen) atoms. The molecule has 1 unspecified atom stereocenters. The molecule has 0 radical (unpaired) electrons. The summed E-state index contributed by atoms with van der Waals surface area (Å²) in [4.78, 5) is 33.8. The van der Waals surface area contributed by atoms with Crippen LogP contribution in [0.1, 0.15) is 58.9 Å². The summed E-state index contributed by atoms with van der Waals surface area (Å²) in [5.41, 5.74) is 4.90. The van der Waals surface area contributed by atoms with Crippen molar-refractivity contribution in [1.29, 1.82) is 5.41 Å². The Morgan fingerprint density at radius 1 is 1.24 bits per heavy atom. The zero-order chi connectivity index (χ0) is 26.2. The fourth-order valence-electron chi connectivity index (χ4n) is 4.31. The number of pyridine rings is 1. The maximum Gasteiger partial charge on any atom is 0.256 e. The first-order valence-corrected chi connectivity index (χ1v) is 12.4. The van der Waals surface area contributed by atoms with Gasteiger partial charge in [0.2, 0.25) is 0 Å². The summed E-state index contributed by atoms with van der Waals surface area (Å²) >= 11 is 0. The Morgan fingerprint density at radius 2 is 2.11 bits per heavy atom. The molecular formula is C29H31N5O3. The zero-order valence-electron chi connectivity index (χ0n) is 20.8. The predicted molar refractivity (Wildman–Crippen MR) is 144 cm³/mol. The van der Waals surface area contributed by atoms with Crippen molar-refractivity contribution >= 4 is 23.2 Å². The van der Waals surface area contributed by atoms with Gasteiger partial charge in [0.15, 0.2) is 11.6 Å². The summed E-state index contributed by atoms with van der Waals surface area (Å²) in [6, 6.07) is 10.8. The van der Waals surface area contributed by atoms with Crippen LogP contribution in [0.25, 0.3) is 0 Å². The number of aryl methyl sites for hydroxylation is 1. The molecule has 1 aliphatic heterocycles. The van der Waals surface area contributed by atoms with E-state index in [2.05, 4.69) is 20.6 Å². The van der Waals surface area contributed by atoms with Crippen LogP contribution in [0.2, 0.25) is 0 Å². The van der Waals surface area contributed by atoms with Crippen LogP contribution in [0.15, 0.2) is 83.2 Å². The standard InChI is InChI=1S/C29H31N5O3/c1-31-25(21-12-13-22(18-35)32-17-21)15-14-23(36)9-5-7-19-6-4-8-20(16-19)29(37)34-28-27(30)24-10-2-3-11-26(24)33-28/h3-4,6,8,11-17,25,31,35H,2,5,7,9-10,18H2,1H3,(H2,30,33,34,37)/b15-14-. The summed E-state index contributed by atoms with van der Waals surface area (Å²) in [6.07, 6.45) is 12.4. The molecule has 1 aromatic heterocycles. The van der Waals surface area contributed by atoms with E-state index in [0.29, 0.717) is 36.4 Å². The Bertz CT molecular complexity index is 1310. The van der Waals surface area contributed by atoms with Crippen LogP contribution in [-0.4, -0.2) is 40.4 Å². The van der Waals surface area contributed by atoms with Gasteiger partial charge in [-0.05, 0) is 74.2 Å². The molecule has 2 heterocycles. The first-order chi connectivity index (χ1) is 18.0. The minimum atomic E-state index is -0.298. The van der Waals surface area contributed by atoms with Gasteiger partial charge in [-0.2, -0.15) is 0 Å². The third kappa shape index (κ3) is 6.61. The Balaban J connectivity index is 1.27. The average Bonchev–Trinajstić information content (AvgIpc) is 3.24. The lowest BCUT2D eigenvalue weighted by Crippen LogP contribution is -2.34. The Hall–Kier alpha value is -4.01. The van der Waals surface area contributed by atoms with E-state index in [-0.39, 0.29) is 30.1 Å². The molecule has 0 bridgehead atoms. The number of amides is 1. The highest BCUT2D eigenvalue weighted by atomic mass is 16.3. The number of allylic oxidation sites excluding steroid dienone is 3. The highest BCUT2D eigenvalue weighted by molar-refractivity contribution is 6.50. The van der Waals surface area contributed by atoms with Crippen LogP contribution in [0, 0.1) is 5.41 Å². The number of hydrogen-bond acceptors (Lipinski definition) is 7. The predicted octanol–water partition coefficient (Wildman–Crippen LogP) is 3.75. The van der Waals surface area contributed by atoms with Gasteiger partial charge in [-0.15, -0.1) is 0 Å². The van der Waals surface area contributed by atoms with Crippen molar-refractivity contribution in [3.05, 3.63) is 101 Å². The monoisotopic (exact) mass is 497 g/mol. The largest absolute Gasteiger partial charge is 0.390 e. The van der Waals surface area contributed by atoms with E-state index in [1.54, 1.807) is 24.4 Å². The molecule has 1 aliphatic carbocycles. The smallest absolute Gasteiger partial charge is 0.256 e. The van der Waals surface area contributed by atoms with E-state index < -0.39 is 0 Å². The molecule has 4 N–H and O–H groups in total. The minimum Gasteiger partial charge on any atom is -0.390 e. The number of aromatic nitrogens is 1. The van der Waals surface area contributed by atoms with Gasteiger partial charge in [-0.1, -0.05) is 30.4 Å². The fourth-order valence-corrected chi connectivity index (χ4v) is 4.31. The molecule has 8 heteroatoms. The van der Waals surface area contributed by atoms with Crippen LogP contribution in [0.5, 0.6) is 0 Å². The van der Waals surface area contributed by atoms with Crippen LogP contribution < -0.4 is 10.6 Å². The lowest BCUT2D eigenvalue weighted by Gasteiger charge is -2.12. The van der Waals surface area contributed by atoms with E-state index >= 15 is 0 Å². The Labute approximate surface area is 216 Å². The quantitative estimate of drug-likeness (QED) is 0.372. The Morgan fingerprint density at radius 3 is 2.84 bits per heavy atom. The van der Waals surface area contributed by atoms with Gasteiger partial charge >= 0.3 is 0 Å². The normalized spacial score (nSPS) is 15.6. The van der Waals surface area contributed by atoms with E-state index in [9.17, 15) is 9.59 Å². The number of amidine groups is 1. The van der Waals surface area contributed by atoms with Crippen LogP contribution in [0.4, 0.5) is 0 Å². The van der Waals surface area contributed by atoms with Gasteiger partial charge in [0.25, 0.3) is 5.91 Å². The highest BCUT2D eigenvalue weighted by Gasteiger charge is 2.25. The number of aliphatic hydroxyl groups excluding tert-OH is 1. The number of nitrogens with zero attached hydrogens (tertiary/aromatic N) is 2. The van der Waals surface area contributed by atoms with Crippen molar-refractivity contribution in [3.8, 4) is 0 Å². The lowest BCUT2D eigenvalue weighted by molar-refractivity contribution is -0.114. The van der Waals surface area contributed by atoms with E-state index in [4.69, 9.17) is 10.5 Å². The van der Waals surface area contributed by atoms with Crippen molar-refractivity contribution in [1.82, 2.24) is 15.6 Å². The second kappa shape index (κ2) is 12.3. The molecular weight excluding hydrogens is 466 g/mol. The maximum absolute atomic E-state index is 12.8. The number of aliphatic imine (C=N–C) groups is 1. The van der Waals surface area contributed by atoms with E-state index in [0.717, 1.165) is 35.2 Å². The number of nitrogens with one attached hydrogen (secondary N) is 3. The molecule has 2 aliphatic rings. The topological polar surface area (TPSA) is 128 Å². The van der Waals surface area contributed by atoms with Crippen molar-refractivity contribution < 1.29 is 14.7 Å². The summed E-state index contributed by atoms with van der Waals surface area (Å²) in [5.74, 6) is 0.0227. The molecule has 0 saturated carbocycles. The van der Waals surface area contributed by atoms with Gasteiger partial charge in [0.05, 0.1) is 24.0 Å². The molecule has 8 nitrogen and oxygen atoms in total. The van der Waals surface area contributed by atoms with Crippen LogP contribution in [-0.2, 0) is 17.8 Å². The molecule has 0 spiro atoms. The molecule has 190 valence electrons. The number of benzene rings is 1. The number of hydrogen-bond donors (Lipinski definition) is 4. The molecule has 1 amide bonds. The summed E-state index contributed by atoms with van der Waals surface area (Å²) in [7, 11) is 1.81. The minimum absolute atomic E-state index is 0.0253. The van der Waals surface area contributed by atoms with Gasteiger partial charge in [0, 0.05) is 23.8 Å².